The Balaban J connectivity index is 1.60. The number of benzene rings is 2. The van der Waals surface area contributed by atoms with Crippen molar-refractivity contribution < 1.29 is 14.3 Å². The number of rotatable bonds is 4. The number of carbonyl (C=O) groups excluding carboxylic acids is 1. The zero-order valence-corrected chi connectivity index (χ0v) is 14.1. The number of ether oxygens (including phenoxy) is 2. The third kappa shape index (κ3) is 2.92. The molecule has 0 aromatic heterocycles. The van der Waals surface area contributed by atoms with E-state index >= 15 is 0 Å². The highest BCUT2D eigenvalue weighted by atomic mass is 16.5. The number of cyclic esters (lactones) is 1. The fourth-order valence-corrected chi connectivity index (χ4v) is 3.84. The van der Waals surface area contributed by atoms with Crippen LogP contribution in [0.5, 0.6) is 0 Å². The molecule has 126 valence electrons. The molecule has 1 fully saturated rings. The molecule has 0 bridgehead atoms. The van der Waals surface area contributed by atoms with Crippen LogP contribution in [0.25, 0.3) is 10.8 Å². The summed E-state index contributed by atoms with van der Waals surface area (Å²) in [7, 11) is 2.14. The molecule has 1 atom stereocenters. The van der Waals surface area contributed by atoms with Gasteiger partial charge in [-0.2, -0.15) is 0 Å². The van der Waals surface area contributed by atoms with Crippen LogP contribution in [0.1, 0.15) is 40.7 Å². The molecule has 4 rings (SSSR count). The van der Waals surface area contributed by atoms with Crippen LogP contribution in [0.15, 0.2) is 30.3 Å². The lowest BCUT2D eigenvalue weighted by Gasteiger charge is -2.28. The van der Waals surface area contributed by atoms with Crippen molar-refractivity contribution in [1.29, 1.82) is 0 Å². The van der Waals surface area contributed by atoms with E-state index in [1.54, 1.807) is 0 Å². The van der Waals surface area contributed by atoms with Gasteiger partial charge in [0.1, 0.15) is 6.61 Å². The molecule has 2 aliphatic heterocycles. The molecule has 1 saturated heterocycles. The predicted molar refractivity (Wildman–Crippen MR) is 93.0 cm³/mol. The summed E-state index contributed by atoms with van der Waals surface area (Å²) in [6.45, 7) is 3.07. The van der Waals surface area contributed by atoms with Gasteiger partial charge in [-0.05, 0) is 48.9 Å². The van der Waals surface area contributed by atoms with Crippen LogP contribution in [0, 0.1) is 0 Å². The van der Waals surface area contributed by atoms with Gasteiger partial charge in [0.15, 0.2) is 0 Å². The number of esters is 1. The van der Waals surface area contributed by atoms with Crippen molar-refractivity contribution >= 4 is 16.7 Å². The van der Waals surface area contributed by atoms with Crippen molar-refractivity contribution in [1.82, 2.24) is 4.90 Å². The van der Waals surface area contributed by atoms with E-state index in [9.17, 15) is 4.79 Å². The highest BCUT2D eigenvalue weighted by Crippen LogP contribution is 2.31. The van der Waals surface area contributed by atoms with Gasteiger partial charge in [-0.25, -0.2) is 4.79 Å². The molecule has 4 nitrogen and oxygen atoms in total. The molecule has 0 aliphatic carbocycles. The Morgan fingerprint density at radius 2 is 2.12 bits per heavy atom. The van der Waals surface area contributed by atoms with E-state index in [2.05, 4.69) is 30.1 Å². The van der Waals surface area contributed by atoms with Gasteiger partial charge in [-0.3, -0.25) is 4.90 Å². The van der Waals surface area contributed by atoms with Crippen molar-refractivity contribution in [2.45, 2.75) is 38.5 Å². The molecule has 0 N–H and O–H groups in total. The van der Waals surface area contributed by atoms with Gasteiger partial charge in [-0.15, -0.1) is 0 Å². The van der Waals surface area contributed by atoms with Crippen LogP contribution < -0.4 is 0 Å². The van der Waals surface area contributed by atoms with Gasteiger partial charge in [0.25, 0.3) is 0 Å². The van der Waals surface area contributed by atoms with Gasteiger partial charge in [0, 0.05) is 25.1 Å². The van der Waals surface area contributed by atoms with E-state index in [1.165, 1.54) is 18.4 Å². The summed E-state index contributed by atoms with van der Waals surface area (Å²) in [5.41, 5.74) is 3.04. The van der Waals surface area contributed by atoms with Crippen molar-refractivity contribution in [2.75, 3.05) is 20.2 Å². The van der Waals surface area contributed by atoms with E-state index < -0.39 is 0 Å². The molecule has 24 heavy (non-hydrogen) atoms. The van der Waals surface area contributed by atoms with E-state index in [0.717, 1.165) is 42.5 Å². The van der Waals surface area contributed by atoms with Crippen LogP contribution in [-0.2, 0) is 22.6 Å². The summed E-state index contributed by atoms with van der Waals surface area (Å²) in [6, 6.07) is 10.2. The normalized spacial score (nSPS) is 20.4. The van der Waals surface area contributed by atoms with Crippen molar-refractivity contribution in [3.63, 3.8) is 0 Å². The van der Waals surface area contributed by atoms with Crippen molar-refractivity contribution in [2.24, 2.45) is 0 Å². The first-order chi connectivity index (χ1) is 11.7. The molecule has 2 aliphatic rings. The molecular weight excluding hydrogens is 302 g/mol. The molecule has 0 saturated carbocycles. The van der Waals surface area contributed by atoms with Gasteiger partial charge in [-0.1, -0.05) is 24.3 Å². The van der Waals surface area contributed by atoms with Crippen LogP contribution in [0.2, 0.25) is 0 Å². The van der Waals surface area contributed by atoms with Crippen molar-refractivity contribution in [3.8, 4) is 0 Å². The van der Waals surface area contributed by atoms with Gasteiger partial charge in [0.05, 0.1) is 11.7 Å². The maximum atomic E-state index is 12.0. The Morgan fingerprint density at radius 1 is 1.21 bits per heavy atom. The molecule has 2 aromatic carbocycles. The average Bonchev–Trinajstić information content (AvgIpc) is 2.60. The largest absolute Gasteiger partial charge is 0.457 e. The lowest BCUT2D eigenvalue weighted by molar-refractivity contribution is -0.00253. The molecule has 0 amide bonds. The Hall–Kier alpha value is -1.91. The summed E-state index contributed by atoms with van der Waals surface area (Å²) in [4.78, 5) is 14.3. The van der Waals surface area contributed by atoms with E-state index in [-0.39, 0.29) is 5.97 Å². The molecule has 2 aromatic rings. The van der Waals surface area contributed by atoms with Crippen LogP contribution >= 0.6 is 0 Å². The zero-order valence-electron chi connectivity index (χ0n) is 14.1. The van der Waals surface area contributed by atoms with Gasteiger partial charge >= 0.3 is 5.97 Å². The highest BCUT2D eigenvalue weighted by molar-refractivity contribution is 6.08. The molecule has 0 unspecified atom stereocenters. The third-order valence-corrected chi connectivity index (χ3v) is 5.03. The van der Waals surface area contributed by atoms with E-state index in [4.69, 9.17) is 9.47 Å². The van der Waals surface area contributed by atoms with E-state index in [0.29, 0.717) is 18.3 Å². The van der Waals surface area contributed by atoms with Crippen LogP contribution in [0.3, 0.4) is 0 Å². The predicted octanol–water partition coefficient (Wildman–Crippen LogP) is 3.51. The topological polar surface area (TPSA) is 38.8 Å². The SMILES string of the molecule is CN(Cc1ccc2c3c(cccc13)C(=O)OC2)C[C@@H]1CCCCO1. The first-order valence-corrected chi connectivity index (χ1v) is 8.73. The maximum absolute atomic E-state index is 12.0. The average molecular weight is 325 g/mol. The monoisotopic (exact) mass is 325 g/mol. The minimum atomic E-state index is -0.214. The quantitative estimate of drug-likeness (QED) is 0.807. The second kappa shape index (κ2) is 6.54. The Kier molecular flexibility index (Phi) is 4.25. The van der Waals surface area contributed by atoms with Gasteiger partial charge in [0.2, 0.25) is 0 Å². The summed E-state index contributed by atoms with van der Waals surface area (Å²) >= 11 is 0. The number of carbonyl (C=O) groups is 1. The Morgan fingerprint density at radius 3 is 2.96 bits per heavy atom. The standard InChI is InChI=1S/C20H23NO3/c1-21(12-16-5-2-3-10-23-16)11-14-8-9-15-13-24-20(22)18-7-4-6-17(14)19(15)18/h4,6-9,16H,2-3,5,10-13H2,1H3/t16-/m0/s1. The number of nitrogens with zero attached hydrogens (tertiary/aromatic N) is 1. The van der Waals surface area contributed by atoms with Crippen LogP contribution in [-0.4, -0.2) is 37.2 Å². The fraction of sp³-hybridized carbons (Fsp3) is 0.450. The van der Waals surface area contributed by atoms with Gasteiger partial charge < -0.3 is 9.47 Å². The highest BCUT2D eigenvalue weighted by Gasteiger charge is 2.22. The fourth-order valence-electron chi connectivity index (χ4n) is 3.84. The first kappa shape index (κ1) is 15.6. The summed E-state index contributed by atoms with van der Waals surface area (Å²) in [5, 5.41) is 2.23. The third-order valence-electron chi connectivity index (χ3n) is 5.03. The molecule has 0 spiro atoms. The lowest BCUT2D eigenvalue weighted by atomic mass is 9.94. The molecular formula is C20H23NO3. The van der Waals surface area contributed by atoms with E-state index in [1.807, 2.05) is 12.1 Å². The number of hydrogen-bond donors (Lipinski definition) is 0. The number of hydrogen-bond acceptors (Lipinski definition) is 4. The Bertz CT molecular complexity index is 765. The maximum Gasteiger partial charge on any atom is 0.339 e. The smallest absolute Gasteiger partial charge is 0.339 e. The number of likely N-dealkylation sites (N-methyl/N-ethyl adjacent to an activating group) is 1. The second-order valence-corrected chi connectivity index (χ2v) is 6.87. The molecule has 0 radical (unpaired) electrons. The summed E-state index contributed by atoms with van der Waals surface area (Å²) in [6.07, 6.45) is 3.95. The van der Waals surface area contributed by atoms with Crippen molar-refractivity contribution in [3.05, 3.63) is 47.0 Å². The lowest BCUT2D eigenvalue weighted by Crippen LogP contribution is -2.33. The minimum Gasteiger partial charge on any atom is -0.457 e. The summed E-state index contributed by atoms with van der Waals surface area (Å²) in [5.74, 6) is -0.214. The van der Waals surface area contributed by atoms with Crippen LogP contribution in [0.4, 0.5) is 0 Å². The molecule has 2 heterocycles. The second-order valence-electron chi connectivity index (χ2n) is 6.87. The first-order valence-electron chi connectivity index (χ1n) is 8.73. The molecule has 4 heteroatoms. The Labute approximate surface area is 142 Å². The summed E-state index contributed by atoms with van der Waals surface area (Å²) < 4.78 is 11.1. The minimum absolute atomic E-state index is 0.214. The zero-order chi connectivity index (χ0) is 16.5.